The minimum atomic E-state index is -0.293. The summed E-state index contributed by atoms with van der Waals surface area (Å²) in [6.45, 7) is 5.76. The molecule has 3 atom stereocenters. The molecule has 3 fully saturated rings. The number of nitrogens with one attached hydrogen (secondary N) is 1. The molecule has 3 unspecified atom stereocenters. The van der Waals surface area contributed by atoms with Crippen LogP contribution in [0.3, 0.4) is 0 Å². The topological polar surface area (TPSA) is 54.0 Å². The normalized spacial score (nSPS) is 34.6. The highest BCUT2D eigenvalue weighted by Gasteiger charge is 2.40. The third-order valence-electron chi connectivity index (χ3n) is 4.41. The van der Waals surface area contributed by atoms with Gasteiger partial charge in [-0.3, -0.25) is 4.90 Å². The number of hydrogen-bond donors (Lipinski definition) is 2. The van der Waals surface area contributed by atoms with Crippen molar-refractivity contribution in [1.29, 1.82) is 0 Å². The summed E-state index contributed by atoms with van der Waals surface area (Å²) in [5.74, 6) is 0.774. The van der Waals surface area contributed by atoms with Gasteiger partial charge >= 0.3 is 0 Å². The second-order valence-corrected chi connectivity index (χ2v) is 6.04. The summed E-state index contributed by atoms with van der Waals surface area (Å²) >= 11 is 0. The van der Waals surface area contributed by atoms with E-state index in [0.717, 1.165) is 51.8 Å². The van der Waals surface area contributed by atoms with E-state index in [4.69, 9.17) is 9.47 Å². The third kappa shape index (κ3) is 3.89. The lowest BCUT2D eigenvalue weighted by Crippen LogP contribution is -2.47. The molecular weight excluding hydrogens is 244 g/mol. The lowest BCUT2D eigenvalue weighted by atomic mass is 10.1. The molecular formula is C14H26N2O3. The molecule has 0 bridgehead atoms. The zero-order valence-corrected chi connectivity index (χ0v) is 11.6. The van der Waals surface area contributed by atoms with E-state index in [9.17, 15) is 5.11 Å². The lowest BCUT2D eigenvalue weighted by Gasteiger charge is -2.29. The molecule has 2 saturated heterocycles. The van der Waals surface area contributed by atoms with Gasteiger partial charge in [-0.1, -0.05) is 0 Å². The van der Waals surface area contributed by atoms with Gasteiger partial charge in [0.25, 0.3) is 0 Å². The largest absolute Gasteiger partial charge is 0.390 e. The fourth-order valence-electron chi connectivity index (χ4n) is 3.15. The molecule has 0 aromatic carbocycles. The van der Waals surface area contributed by atoms with Gasteiger partial charge < -0.3 is 19.9 Å². The molecule has 2 heterocycles. The van der Waals surface area contributed by atoms with Crippen molar-refractivity contribution in [3.8, 4) is 0 Å². The van der Waals surface area contributed by atoms with Crippen molar-refractivity contribution in [2.75, 3.05) is 46.0 Å². The average Bonchev–Trinajstić information content (AvgIpc) is 3.16. The predicted molar refractivity (Wildman–Crippen MR) is 72.1 cm³/mol. The van der Waals surface area contributed by atoms with Crippen molar-refractivity contribution in [3.63, 3.8) is 0 Å². The molecule has 0 aromatic rings. The molecule has 0 spiro atoms. The van der Waals surface area contributed by atoms with Crippen LogP contribution in [0.25, 0.3) is 0 Å². The van der Waals surface area contributed by atoms with Gasteiger partial charge in [-0.2, -0.15) is 0 Å². The Balaban J connectivity index is 1.36. The van der Waals surface area contributed by atoms with Crippen molar-refractivity contribution in [2.24, 2.45) is 5.92 Å². The fourth-order valence-corrected chi connectivity index (χ4v) is 3.15. The Hall–Kier alpha value is -0.200. The lowest BCUT2D eigenvalue weighted by molar-refractivity contribution is 0.0134. The van der Waals surface area contributed by atoms with Crippen molar-refractivity contribution < 1.29 is 14.6 Å². The van der Waals surface area contributed by atoms with Crippen LogP contribution in [0.15, 0.2) is 0 Å². The summed E-state index contributed by atoms with van der Waals surface area (Å²) in [5.41, 5.74) is 0. The van der Waals surface area contributed by atoms with Crippen LogP contribution in [-0.2, 0) is 9.47 Å². The van der Waals surface area contributed by atoms with E-state index in [1.807, 2.05) is 0 Å². The zero-order chi connectivity index (χ0) is 13.1. The summed E-state index contributed by atoms with van der Waals surface area (Å²) in [6.07, 6.45) is 3.83. The van der Waals surface area contributed by atoms with Crippen LogP contribution in [-0.4, -0.2) is 74.3 Å². The van der Waals surface area contributed by atoms with Gasteiger partial charge in [-0.15, -0.1) is 0 Å². The maximum Gasteiger partial charge on any atom is 0.0791 e. The first-order valence-electron chi connectivity index (χ1n) is 7.66. The van der Waals surface area contributed by atoms with Crippen molar-refractivity contribution in [3.05, 3.63) is 0 Å². The Labute approximate surface area is 115 Å². The van der Waals surface area contributed by atoms with Gasteiger partial charge in [0.05, 0.1) is 25.4 Å². The van der Waals surface area contributed by atoms with E-state index in [0.29, 0.717) is 18.7 Å². The highest BCUT2D eigenvalue weighted by molar-refractivity contribution is 4.93. The van der Waals surface area contributed by atoms with Crippen molar-refractivity contribution in [1.82, 2.24) is 10.2 Å². The molecule has 19 heavy (non-hydrogen) atoms. The highest BCUT2D eigenvalue weighted by Crippen LogP contribution is 2.38. The van der Waals surface area contributed by atoms with Gasteiger partial charge in [0.2, 0.25) is 0 Å². The molecule has 2 N–H and O–H groups in total. The molecule has 0 amide bonds. The first kappa shape index (κ1) is 13.8. The Bertz CT molecular complexity index is 280. The number of hydrogen-bond acceptors (Lipinski definition) is 5. The van der Waals surface area contributed by atoms with E-state index in [-0.39, 0.29) is 6.10 Å². The van der Waals surface area contributed by atoms with Gasteiger partial charge in [0.1, 0.15) is 0 Å². The van der Waals surface area contributed by atoms with E-state index in [2.05, 4.69) is 10.2 Å². The standard InChI is InChI=1S/C14H26N2O3/c17-12(10-16-4-7-18-8-5-16)9-15-13-3-6-19-14(13)11-1-2-11/h11-15,17H,1-10H2. The second kappa shape index (κ2) is 6.50. The van der Waals surface area contributed by atoms with Crippen LogP contribution in [0, 0.1) is 5.92 Å². The zero-order valence-electron chi connectivity index (χ0n) is 11.6. The molecule has 2 aliphatic heterocycles. The summed E-state index contributed by atoms with van der Waals surface area (Å²) in [6, 6.07) is 0.451. The number of rotatable bonds is 6. The van der Waals surface area contributed by atoms with Crippen molar-refractivity contribution in [2.45, 2.75) is 37.5 Å². The Morgan fingerprint density at radius 3 is 2.68 bits per heavy atom. The van der Waals surface area contributed by atoms with Gasteiger partial charge in [-0.25, -0.2) is 0 Å². The number of ether oxygens (including phenoxy) is 2. The van der Waals surface area contributed by atoms with Crippen LogP contribution >= 0.6 is 0 Å². The van der Waals surface area contributed by atoms with E-state index >= 15 is 0 Å². The van der Waals surface area contributed by atoms with Crippen LogP contribution in [0.4, 0.5) is 0 Å². The van der Waals surface area contributed by atoms with Crippen molar-refractivity contribution >= 4 is 0 Å². The summed E-state index contributed by atoms with van der Waals surface area (Å²) in [4.78, 5) is 2.28. The highest BCUT2D eigenvalue weighted by atomic mass is 16.5. The van der Waals surface area contributed by atoms with Gasteiger partial charge in [-0.05, 0) is 25.2 Å². The van der Waals surface area contributed by atoms with Gasteiger partial charge in [0.15, 0.2) is 0 Å². The minimum absolute atomic E-state index is 0.293. The van der Waals surface area contributed by atoms with E-state index < -0.39 is 0 Å². The quantitative estimate of drug-likeness (QED) is 0.702. The van der Waals surface area contributed by atoms with Crippen LogP contribution in [0.1, 0.15) is 19.3 Å². The summed E-state index contributed by atoms with van der Waals surface area (Å²) in [7, 11) is 0. The Kier molecular flexibility index (Phi) is 4.71. The monoisotopic (exact) mass is 270 g/mol. The molecule has 0 radical (unpaired) electrons. The Morgan fingerprint density at radius 1 is 1.16 bits per heavy atom. The summed E-state index contributed by atoms with van der Waals surface area (Å²) in [5, 5.41) is 13.6. The van der Waals surface area contributed by atoms with Gasteiger partial charge in [0, 0.05) is 38.8 Å². The molecule has 3 rings (SSSR count). The maximum absolute atomic E-state index is 10.1. The number of morpholine rings is 1. The maximum atomic E-state index is 10.1. The molecule has 1 saturated carbocycles. The average molecular weight is 270 g/mol. The van der Waals surface area contributed by atoms with Crippen LogP contribution in [0.5, 0.6) is 0 Å². The number of aliphatic hydroxyl groups is 1. The molecule has 110 valence electrons. The predicted octanol–water partition coefficient (Wildman–Crippen LogP) is -0.163. The molecule has 3 aliphatic rings. The smallest absolute Gasteiger partial charge is 0.0791 e. The van der Waals surface area contributed by atoms with E-state index in [1.165, 1.54) is 12.8 Å². The number of aliphatic hydroxyl groups excluding tert-OH is 1. The number of nitrogens with zero attached hydrogens (tertiary/aromatic N) is 1. The first-order valence-corrected chi connectivity index (χ1v) is 7.66. The molecule has 5 nitrogen and oxygen atoms in total. The third-order valence-corrected chi connectivity index (χ3v) is 4.41. The molecule has 0 aromatic heterocycles. The van der Waals surface area contributed by atoms with Crippen LogP contribution < -0.4 is 5.32 Å². The molecule has 5 heteroatoms. The SMILES string of the molecule is OC(CNC1CCOC1C1CC1)CN1CCOCC1. The van der Waals surface area contributed by atoms with Crippen LogP contribution in [0.2, 0.25) is 0 Å². The van der Waals surface area contributed by atoms with E-state index in [1.54, 1.807) is 0 Å². The fraction of sp³-hybridized carbons (Fsp3) is 1.00. The minimum Gasteiger partial charge on any atom is -0.390 e. The Morgan fingerprint density at radius 2 is 1.95 bits per heavy atom. The number of β-amino-alcohol motifs (C(OH)–C–C–N with tert-alkyl or cyclic N) is 1. The summed E-state index contributed by atoms with van der Waals surface area (Å²) < 4.78 is 11.1. The first-order chi connectivity index (χ1) is 9.33. The second-order valence-electron chi connectivity index (χ2n) is 6.04. The molecule has 1 aliphatic carbocycles.